The highest BCUT2D eigenvalue weighted by Gasteiger charge is 2.31. The fourth-order valence-electron chi connectivity index (χ4n) is 2.15. The van der Waals surface area contributed by atoms with Crippen molar-refractivity contribution in [2.75, 3.05) is 6.61 Å². The Kier molecular flexibility index (Phi) is 2.64. The highest BCUT2D eigenvalue weighted by Crippen LogP contribution is 2.34. The van der Waals surface area contributed by atoms with Gasteiger partial charge in [-0.25, -0.2) is 0 Å². The molecule has 1 aliphatic carbocycles. The van der Waals surface area contributed by atoms with Crippen molar-refractivity contribution in [3.63, 3.8) is 0 Å². The molecule has 1 aliphatic rings. The minimum absolute atomic E-state index is 0.0294. The molecule has 0 aliphatic heterocycles. The molecule has 0 aromatic heterocycles. The maximum Gasteiger partial charge on any atom is 0.0653 e. The molecule has 1 aromatic rings. The number of nitrogens with two attached hydrogens (primary N) is 1. The van der Waals surface area contributed by atoms with Crippen molar-refractivity contribution in [3.8, 4) is 0 Å². The zero-order valence-electron chi connectivity index (χ0n) is 7.96. The third-order valence-electron chi connectivity index (χ3n) is 2.95. The van der Waals surface area contributed by atoms with Crippen LogP contribution in [0, 0.1) is 0 Å². The molecule has 76 valence electrons. The topological polar surface area (TPSA) is 46.2 Å². The van der Waals surface area contributed by atoms with Crippen LogP contribution >= 0.6 is 15.9 Å². The Labute approximate surface area is 92.3 Å². The van der Waals surface area contributed by atoms with Gasteiger partial charge < -0.3 is 10.8 Å². The normalized spacial score (nSPS) is 25.9. The van der Waals surface area contributed by atoms with Gasteiger partial charge in [0, 0.05) is 4.47 Å². The Balaban J connectivity index is 2.50. The lowest BCUT2D eigenvalue weighted by Crippen LogP contribution is -2.43. The van der Waals surface area contributed by atoms with E-state index in [1.165, 1.54) is 5.56 Å². The molecule has 0 saturated heterocycles. The van der Waals surface area contributed by atoms with Crippen LogP contribution in [0.3, 0.4) is 0 Å². The van der Waals surface area contributed by atoms with Gasteiger partial charge in [-0.3, -0.25) is 0 Å². The molecule has 0 unspecified atom stereocenters. The zero-order chi connectivity index (χ0) is 10.2. The predicted molar refractivity (Wildman–Crippen MR) is 60.0 cm³/mol. The standard InChI is InChI=1S/C11H14BrNO/c12-9-3-4-10-8(6-9)2-1-5-11(10,13)7-14/h3-4,6,14H,1-2,5,7,13H2/t11-/m1/s1. The van der Waals surface area contributed by atoms with Gasteiger partial charge >= 0.3 is 0 Å². The van der Waals surface area contributed by atoms with Crippen LogP contribution in [0.15, 0.2) is 22.7 Å². The van der Waals surface area contributed by atoms with E-state index in [0.29, 0.717) is 0 Å². The first-order valence-electron chi connectivity index (χ1n) is 4.84. The molecule has 1 atom stereocenters. The summed E-state index contributed by atoms with van der Waals surface area (Å²) in [4.78, 5) is 0. The summed E-state index contributed by atoms with van der Waals surface area (Å²) in [6, 6.07) is 6.11. The Bertz CT molecular complexity index is 353. The van der Waals surface area contributed by atoms with Crippen LogP contribution in [0.1, 0.15) is 24.0 Å². The zero-order valence-corrected chi connectivity index (χ0v) is 9.55. The first kappa shape index (κ1) is 10.1. The Hall–Kier alpha value is -0.380. The highest BCUT2D eigenvalue weighted by atomic mass is 79.9. The summed E-state index contributed by atoms with van der Waals surface area (Å²) in [5.41, 5.74) is 8.01. The molecular formula is C11H14BrNO. The fraction of sp³-hybridized carbons (Fsp3) is 0.455. The van der Waals surface area contributed by atoms with Crippen molar-refractivity contribution < 1.29 is 5.11 Å². The third kappa shape index (κ3) is 1.60. The van der Waals surface area contributed by atoms with Crippen molar-refractivity contribution in [1.82, 2.24) is 0 Å². The number of hydrogen-bond acceptors (Lipinski definition) is 2. The molecule has 0 heterocycles. The number of hydrogen-bond donors (Lipinski definition) is 2. The lowest BCUT2D eigenvalue weighted by Gasteiger charge is -2.34. The van der Waals surface area contributed by atoms with Crippen LogP contribution in [-0.2, 0) is 12.0 Å². The first-order chi connectivity index (χ1) is 6.65. The molecule has 1 aromatic carbocycles. The summed E-state index contributed by atoms with van der Waals surface area (Å²) < 4.78 is 1.08. The average molecular weight is 256 g/mol. The van der Waals surface area contributed by atoms with Crippen LogP contribution in [0.2, 0.25) is 0 Å². The van der Waals surface area contributed by atoms with Crippen molar-refractivity contribution in [3.05, 3.63) is 33.8 Å². The quantitative estimate of drug-likeness (QED) is 0.806. The second-order valence-electron chi connectivity index (χ2n) is 3.97. The molecule has 0 bridgehead atoms. The summed E-state index contributed by atoms with van der Waals surface area (Å²) in [7, 11) is 0. The van der Waals surface area contributed by atoms with Gasteiger partial charge in [-0.1, -0.05) is 22.0 Å². The molecule has 2 nitrogen and oxygen atoms in total. The number of benzene rings is 1. The maximum atomic E-state index is 9.33. The number of fused-ring (bicyclic) bond motifs is 1. The summed E-state index contributed by atoms with van der Waals surface area (Å²) in [6.07, 6.45) is 2.99. The molecule has 0 saturated carbocycles. The van der Waals surface area contributed by atoms with E-state index in [2.05, 4.69) is 22.0 Å². The summed E-state index contributed by atoms with van der Waals surface area (Å²) in [5, 5.41) is 9.33. The van der Waals surface area contributed by atoms with E-state index < -0.39 is 5.54 Å². The smallest absolute Gasteiger partial charge is 0.0653 e. The number of aryl methyl sites for hydroxylation is 1. The van der Waals surface area contributed by atoms with Crippen molar-refractivity contribution in [1.29, 1.82) is 0 Å². The number of rotatable bonds is 1. The summed E-state index contributed by atoms with van der Waals surface area (Å²) in [6.45, 7) is 0.0294. The lowest BCUT2D eigenvalue weighted by molar-refractivity contribution is 0.179. The monoisotopic (exact) mass is 255 g/mol. The maximum absolute atomic E-state index is 9.33. The SMILES string of the molecule is N[C@@]1(CO)CCCc2cc(Br)ccc21. The molecule has 0 radical (unpaired) electrons. The molecule has 14 heavy (non-hydrogen) atoms. The number of aliphatic hydroxyl groups is 1. The summed E-state index contributed by atoms with van der Waals surface area (Å²) >= 11 is 3.45. The van der Waals surface area contributed by atoms with Gasteiger partial charge in [-0.05, 0) is 42.5 Å². The van der Waals surface area contributed by atoms with Crippen LogP contribution < -0.4 is 5.73 Å². The van der Waals surface area contributed by atoms with E-state index in [9.17, 15) is 5.11 Å². The first-order valence-corrected chi connectivity index (χ1v) is 5.64. The number of halogens is 1. The minimum Gasteiger partial charge on any atom is -0.394 e. The van der Waals surface area contributed by atoms with Crippen LogP contribution in [0.4, 0.5) is 0 Å². The van der Waals surface area contributed by atoms with Gasteiger partial charge in [0.1, 0.15) is 0 Å². The molecule has 0 fully saturated rings. The van der Waals surface area contributed by atoms with E-state index in [0.717, 1.165) is 29.3 Å². The second-order valence-corrected chi connectivity index (χ2v) is 4.88. The fourth-order valence-corrected chi connectivity index (χ4v) is 2.56. The second kappa shape index (κ2) is 3.65. The van der Waals surface area contributed by atoms with Crippen molar-refractivity contribution in [2.24, 2.45) is 5.73 Å². The van der Waals surface area contributed by atoms with Crippen LogP contribution in [0.25, 0.3) is 0 Å². The van der Waals surface area contributed by atoms with E-state index in [4.69, 9.17) is 5.73 Å². The van der Waals surface area contributed by atoms with E-state index in [1.54, 1.807) is 0 Å². The predicted octanol–water partition coefficient (Wildman–Crippen LogP) is 1.93. The van der Waals surface area contributed by atoms with Crippen LogP contribution in [0.5, 0.6) is 0 Å². The van der Waals surface area contributed by atoms with Gasteiger partial charge in [0.2, 0.25) is 0 Å². The van der Waals surface area contributed by atoms with E-state index in [-0.39, 0.29) is 6.61 Å². The molecular weight excluding hydrogens is 242 g/mol. The Morgan fingerprint density at radius 2 is 2.29 bits per heavy atom. The number of aliphatic hydroxyl groups excluding tert-OH is 1. The summed E-state index contributed by atoms with van der Waals surface area (Å²) in [5.74, 6) is 0. The highest BCUT2D eigenvalue weighted by molar-refractivity contribution is 9.10. The Morgan fingerprint density at radius 3 is 3.00 bits per heavy atom. The largest absolute Gasteiger partial charge is 0.394 e. The molecule has 0 amide bonds. The van der Waals surface area contributed by atoms with Gasteiger partial charge in [0.25, 0.3) is 0 Å². The van der Waals surface area contributed by atoms with E-state index in [1.807, 2.05) is 12.1 Å². The lowest BCUT2D eigenvalue weighted by atomic mass is 9.78. The molecule has 3 heteroatoms. The molecule has 3 N–H and O–H groups in total. The van der Waals surface area contributed by atoms with Gasteiger partial charge in [0.05, 0.1) is 12.1 Å². The molecule has 2 rings (SSSR count). The van der Waals surface area contributed by atoms with Gasteiger partial charge in [-0.15, -0.1) is 0 Å². The Morgan fingerprint density at radius 1 is 1.50 bits per heavy atom. The third-order valence-corrected chi connectivity index (χ3v) is 3.45. The molecule has 0 spiro atoms. The van der Waals surface area contributed by atoms with E-state index >= 15 is 0 Å². The van der Waals surface area contributed by atoms with Gasteiger partial charge in [-0.2, -0.15) is 0 Å². The van der Waals surface area contributed by atoms with Crippen LogP contribution in [-0.4, -0.2) is 11.7 Å². The van der Waals surface area contributed by atoms with Crippen molar-refractivity contribution >= 4 is 15.9 Å². The average Bonchev–Trinajstić information content (AvgIpc) is 2.18. The minimum atomic E-state index is -0.520. The van der Waals surface area contributed by atoms with Crippen molar-refractivity contribution in [2.45, 2.75) is 24.8 Å². The van der Waals surface area contributed by atoms with Gasteiger partial charge in [0.15, 0.2) is 0 Å².